The van der Waals surface area contributed by atoms with Crippen LogP contribution in [0.15, 0.2) is 24.3 Å². The van der Waals surface area contributed by atoms with E-state index in [1.807, 2.05) is 0 Å². The Kier molecular flexibility index (Phi) is 3.94. The third-order valence-electron chi connectivity index (χ3n) is 2.54. The van der Waals surface area contributed by atoms with Gasteiger partial charge in [0, 0.05) is 6.07 Å². The Morgan fingerprint density at radius 1 is 1.10 bits per heavy atom. The normalized spacial score (nSPS) is 11.3. The topological polar surface area (TPSA) is 75.9 Å². The zero-order valence-electron chi connectivity index (χ0n) is 10.8. The molecule has 0 aliphatic carbocycles. The summed E-state index contributed by atoms with van der Waals surface area (Å²) in [5.74, 6) is 5.06. The van der Waals surface area contributed by atoms with Gasteiger partial charge in [0.05, 0.1) is 11.3 Å². The molecular weight excluding hydrogens is 290 g/mol. The lowest BCUT2D eigenvalue weighted by atomic mass is 10.2. The maximum absolute atomic E-state index is 13.6. The number of halogens is 4. The van der Waals surface area contributed by atoms with Gasteiger partial charge in [-0.2, -0.15) is 13.2 Å². The average molecular weight is 301 g/mol. The number of rotatable bonds is 3. The number of hydrogen-bond acceptors (Lipinski definition) is 5. The van der Waals surface area contributed by atoms with Crippen LogP contribution in [0, 0.1) is 12.7 Å². The van der Waals surface area contributed by atoms with Crippen LogP contribution >= 0.6 is 0 Å². The lowest BCUT2D eigenvalue weighted by Crippen LogP contribution is -2.11. The minimum absolute atomic E-state index is 0.119. The van der Waals surface area contributed by atoms with Crippen LogP contribution in [0.25, 0.3) is 0 Å². The van der Waals surface area contributed by atoms with Gasteiger partial charge in [-0.05, 0) is 25.1 Å². The number of hydrogen-bond donors (Lipinski definition) is 3. The van der Waals surface area contributed by atoms with E-state index in [1.165, 1.54) is 6.07 Å². The maximum atomic E-state index is 13.6. The van der Waals surface area contributed by atoms with Gasteiger partial charge < -0.3 is 10.7 Å². The zero-order chi connectivity index (χ0) is 15.6. The van der Waals surface area contributed by atoms with Crippen LogP contribution in [0.1, 0.15) is 11.4 Å². The molecule has 2 aromatic rings. The second kappa shape index (κ2) is 5.52. The summed E-state index contributed by atoms with van der Waals surface area (Å²) in [6.45, 7) is 1.56. The standard InChI is InChI=1S/C12H11F4N5/c1-6-18-10(5-11(19-6)21-17)20-9-4-7(12(14,15)16)2-3-8(9)13/h2-5H,17H2,1H3,(H2,18,19,20,21). The van der Waals surface area contributed by atoms with Crippen molar-refractivity contribution in [3.63, 3.8) is 0 Å². The largest absolute Gasteiger partial charge is 0.416 e. The Morgan fingerprint density at radius 3 is 2.38 bits per heavy atom. The molecule has 0 bridgehead atoms. The van der Waals surface area contributed by atoms with E-state index < -0.39 is 17.6 Å². The van der Waals surface area contributed by atoms with Gasteiger partial charge in [-0.25, -0.2) is 20.2 Å². The summed E-state index contributed by atoms with van der Waals surface area (Å²) in [5, 5.41) is 2.48. The molecule has 4 N–H and O–H groups in total. The van der Waals surface area contributed by atoms with E-state index in [0.717, 1.165) is 6.07 Å². The summed E-state index contributed by atoms with van der Waals surface area (Å²) < 4.78 is 51.5. The predicted octanol–water partition coefficient (Wildman–Crippen LogP) is 2.97. The molecule has 1 heterocycles. The fourth-order valence-corrected chi connectivity index (χ4v) is 1.64. The summed E-state index contributed by atoms with van der Waals surface area (Å²) in [4.78, 5) is 7.86. The molecule has 2 rings (SSSR count). The molecule has 0 radical (unpaired) electrons. The van der Waals surface area contributed by atoms with Crippen molar-refractivity contribution >= 4 is 17.3 Å². The summed E-state index contributed by atoms with van der Waals surface area (Å²) >= 11 is 0. The summed E-state index contributed by atoms with van der Waals surface area (Å²) in [7, 11) is 0. The van der Waals surface area contributed by atoms with Crippen LogP contribution in [0.3, 0.4) is 0 Å². The molecule has 0 fully saturated rings. The van der Waals surface area contributed by atoms with Gasteiger partial charge >= 0.3 is 6.18 Å². The van der Waals surface area contributed by atoms with Crippen LogP contribution in [0.2, 0.25) is 0 Å². The number of anilines is 3. The number of nitrogen functional groups attached to an aromatic ring is 1. The predicted molar refractivity (Wildman–Crippen MR) is 69.3 cm³/mol. The van der Waals surface area contributed by atoms with E-state index in [2.05, 4.69) is 20.7 Å². The van der Waals surface area contributed by atoms with Gasteiger partial charge in [-0.3, -0.25) is 0 Å². The van der Waals surface area contributed by atoms with Gasteiger partial charge in [-0.15, -0.1) is 0 Å². The summed E-state index contributed by atoms with van der Waals surface area (Å²) in [6.07, 6.45) is -4.56. The van der Waals surface area contributed by atoms with E-state index in [1.54, 1.807) is 6.92 Å². The highest BCUT2D eigenvalue weighted by Gasteiger charge is 2.31. The first-order valence-corrected chi connectivity index (χ1v) is 5.75. The minimum atomic E-state index is -4.56. The van der Waals surface area contributed by atoms with Crippen molar-refractivity contribution in [1.82, 2.24) is 9.97 Å². The van der Waals surface area contributed by atoms with Crippen LogP contribution in [-0.4, -0.2) is 9.97 Å². The molecule has 1 aromatic heterocycles. The number of nitrogens with one attached hydrogen (secondary N) is 2. The number of benzene rings is 1. The third-order valence-corrected chi connectivity index (χ3v) is 2.54. The molecule has 0 aliphatic heterocycles. The van der Waals surface area contributed by atoms with E-state index >= 15 is 0 Å². The molecule has 5 nitrogen and oxygen atoms in total. The summed E-state index contributed by atoms with van der Waals surface area (Å²) in [6, 6.07) is 3.41. The zero-order valence-corrected chi connectivity index (χ0v) is 10.8. The molecule has 0 spiro atoms. The van der Waals surface area contributed by atoms with Crippen molar-refractivity contribution in [2.45, 2.75) is 13.1 Å². The van der Waals surface area contributed by atoms with E-state index in [-0.39, 0.29) is 17.3 Å². The average Bonchev–Trinajstić information content (AvgIpc) is 2.39. The highest BCUT2D eigenvalue weighted by atomic mass is 19.4. The first kappa shape index (κ1) is 15.0. The smallest absolute Gasteiger partial charge is 0.338 e. The van der Waals surface area contributed by atoms with Crippen molar-refractivity contribution in [2.24, 2.45) is 5.84 Å². The molecule has 0 amide bonds. The van der Waals surface area contributed by atoms with Crippen LogP contribution in [0.5, 0.6) is 0 Å². The number of hydrazine groups is 1. The van der Waals surface area contributed by atoms with Crippen molar-refractivity contribution in [3.8, 4) is 0 Å². The molecule has 0 unspecified atom stereocenters. The highest BCUT2D eigenvalue weighted by molar-refractivity contribution is 5.60. The molecule has 9 heteroatoms. The fraction of sp³-hybridized carbons (Fsp3) is 0.167. The van der Waals surface area contributed by atoms with Crippen molar-refractivity contribution < 1.29 is 17.6 Å². The minimum Gasteiger partial charge on any atom is -0.338 e. The number of nitrogens with two attached hydrogens (primary N) is 1. The monoisotopic (exact) mass is 301 g/mol. The number of alkyl halides is 3. The number of aromatic nitrogens is 2. The number of aryl methyl sites for hydroxylation is 1. The molecule has 1 aromatic carbocycles. The van der Waals surface area contributed by atoms with Crippen LogP contribution in [-0.2, 0) is 6.18 Å². The van der Waals surface area contributed by atoms with E-state index in [0.29, 0.717) is 18.0 Å². The van der Waals surface area contributed by atoms with E-state index in [9.17, 15) is 17.6 Å². The van der Waals surface area contributed by atoms with Gasteiger partial charge in [0.15, 0.2) is 0 Å². The highest BCUT2D eigenvalue weighted by Crippen LogP contribution is 2.32. The molecule has 0 saturated carbocycles. The Balaban J connectivity index is 2.37. The molecule has 0 atom stereocenters. The molecule has 0 saturated heterocycles. The molecule has 21 heavy (non-hydrogen) atoms. The van der Waals surface area contributed by atoms with Gasteiger partial charge in [-0.1, -0.05) is 0 Å². The fourth-order valence-electron chi connectivity index (χ4n) is 1.64. The van der Waals surface area contributed by atoms with Crippen LogP contribution in [0.4, 0.5) is 34.9 Å². The van der Waals surface area contributed by atoms with Crippen molar-refractivity contribution in [2.75, 3.05) is 10.7 Å². The lowest BCUT2D eigenvalue weighted by molar-refractivity contribution is -0.137. The van der Waals surface area contributed by atoms with Gasteiger partial charge in [0.25, 0.3) is 0 Å². The van der Waals surface area contributed by atoms with E-state index in [4.69, 9.17) is 5.84 Å². The Morgan fingerprint density at radius 2 is 1.76 bits per heavy atom. The SMILES string of the molecule is Cc1nc(NN)cc(Nc2cc(C(F)(F)F)ccc2F)n1. The second-order valence-corrected chi connectivity index (χ2v) is 4.15. The van der Waals surface area contributed by atoms with Gasteiger partial charge in [0.2, 0.25) is 0 Å². The molecule has 112 valence electrons. The molecule has 0 aliphatic rings. The van der Waals surface area contributed by atoms with Crippen molar-refractivity contribution in [1.29, 1.82) is 0 Å². The quantitative estimate of drug-likeness (QED) is 0.461. The Bertz CT molecular complexity index is 657. The maximum Gasteiger partial charge on any atom is 0.416 e. The van der Waals surface area contributed by atoms with Gasteiger partial charge in [0.1, 0.15) is 23.3 Å². The Labute approximate surface area is 117 Å². The second-order valence-electron chi connectivity index (χ2n) is 4.15. The number of nitrogens with zero attached hydrogens (tertiary/aromatic N) is 2. The van der Waals surface area contributed by atoms with Crippen molar-refractivity contribution in [3.05, 3.63) is 41.5 Å². The molecular formula is C12H11F4N5. The first-order valence-electron chi connectivity index (χ1n) is 5.75. The summed E-state index contributed by atoms with van der Waals surface area (Å²) in [5.41, 5.74) is 0.974. The third kappa shape index (κ3) is 3.57. The first-order chi connectivity index (χ1) is 9.79. The lowest BCUT2D eigenvalue weighted by Gasteiger charge is -2.12. The Hall–Kier alpha value is -2.42. The van der Waals surface area contributed by atoms with Crippen LogP contribution < -0.4 is 16.6 Å².